The van der Waals surface area contributed by atoms with Crippen molar-refractivity contribution in [3.8, 4) is 11.5 Å². The molecule has 0 unspecified atom stereocenters. The number of nitrogens with one attached hydrogen (secondary N) is 1. The van der Waals surface area contributed by atoms with E-state index in [1.165, 1.54) is 13.3 Å². The average Bonchev–Trinajstić information content (AvgIpc) is 2.82. The molecule has 0 bridgehead atoms. The van der Waals surface area contributed by atoms with Gasteiger partial charge in [-0.05, 0) is 12.1 Å². The first-order valence-electron chi connectivity index (χ1n) is 9.91. The smallest absolute Gasteiger partial charge is 0.250 e. The van der Waals surface area contributed by atoms with E-state index in [4.69, 9.17) is 14.2 Å². The van der Waals surface area contributed by atoms with E-state index in [9.17, 15) is 5.11 Å². The summed E-state index contributed by atoms with van der Waals surface area (Å²) in [6, 6.07) is 3.41. The summed E-state index contributed by atoms with van der Waals surface area (Å²) in [6.45, 7) is 5.35. The molecule has 1 aromatic heterocycles. The van der Waals surface area contributed by atoms with Crippen molar-refractivity contribution < 1.29 is 19.3 Å². The van der Waals surface area contributed by atoms with Crippen LogP contribution in [0.3, 0.4) is 0 Å². The van der Waals surface area contributed by atoms with E-state index < -0.39 is 0 Å². The van der Waals surface area contributed by atoms with Gasteiger partial charge in [0.25, 0.3) is 0 Å². The first kappa shape index (κ1) is 21.5. The van der Waals surface area contributed by atoms with Crippen LogP contribution in [0.5, 0.6) is 11.5 Å². The normalized spacial score (nSPS) is 17.2. The molecular formula is C19H24BrN7O4. The molecule has 0 amide bonds. The Morgan fingerprint density at radius 2 is 1.61 bits per heavy atom. The number of nitrogens with zero attached hydrogens (tertiary/aromatic N) is 6. The van der Waals surface area contributed by atoms with Gasteiger partial charge in [0.1, 0.15) is 0 Å². The van der Waals surface area contributed by atoms with E-state index in [-0.39, 0.29) is 5.75 Å². The second-order valence-electron chi connectivity index (χ2n) is 6.87. The Morgan fingerprint density at radius 3 is 2.16 bits per heavy atom. The minimum Gasteiger partial charge on any atom is -0.504 e. The fourth-order valence-electron chi connectivity index (χ4n) is 3.22. The number of anilines is 3. The number of phenolic OH excluding ortho intramolecular Hbond substituents is 1. The second-order valence-corrected chi connectivity index (χ2v) is 7.79. The zero-order valence-electron chi connectivity index (χ0n) is 17.1. The third-order valence-corrected chi connectivity index (χ3v) is 5.31. The van der Waals surface area contributed by atoms with Crippen LogP contribution in [0.4, 0.5) is 17.8 Å². The first-order chi connectivity index (χ1) is 15.1. The Kier molecular flexibility index (Phi) is 6.99. The molecule has 0 atom stereocenters. The maximum Gasteiger partial charge on any atom is 0.250 e. The van der Waals surface area contributed by atoms with Crippen LogP contribution in [0.25, 0.3) is 0 Å². The van der Waals surface area contributed by atoms with E-state index in [2.05, 4.69) is 51.2 Å². The van der Waals surface area contributed by atoms with Gasteiger partial charge in [-0.2, -0.15) is 20.1 Å². The number of methoxy groups -OCH3 is 1. The molecule has 166 valence electrons. The van der Waals surface area contributed by atoms with Crippen LogP contribution in [0.1, 0.15) is 5.56 Å². The Hall–Kier alpha value is -2.70. The number of halogens is 1. The molecule has 2 saturated heterocycles. The van der Waals surface area contributed by atoms with Crippen molar-refractivity contribution >= 4 is 40.0 Å². The summed E-state index contributed by atoms with van der Waals surface area (Å²) in [7, 11) is 1.49. The Morgan fingerprint density at radius 1 is 1.03 bits per heavy atom. The minimum absolute atomic E-state index is 0.00471. The van der Waals surface area contributed by atoms with E-state index in [1.54, 1.807) is 12.1 Å². The highest BCUT2D eigenvalue weighted by atomic mass is 79.9. The van der Waals surface area contributed by atoms with E-state index in [0.717, 1.165) is 4.47 Å². The number of phenols is 1. The van der Waals surface area contributed by atoms with Gasteiger partial charge >= 0.3 is 0 Å². The average molecular weight is 494 g/mol. The third kappa shape index (κ3) is 5.32. The standard InChI is InChI=1S/C19H24BrN7O4/c1-29-15-11-14(20)10-13(16(15)28)12-21-25-17-22-18(26-2-6-30-7-3-26)24-19(23-17)27-4-8-31-9-5-27/h10-12,28H,2-9H2,1H3,(H,22,23,24,25). The predicted octanol–water partition coefficient (Wildman–Crippen LogP) is 1.47. The molecule has 0 aliphatic carbocycles. The monoisotopic (exact) mass is 493 g/mol. The summed E-state index contributed by atoms with van der Waals surface area (Å²) < 4.78 is 16.8. The molecule has 12 heteroatoms. The molecule has 4 rings (SSSR count). The Labute approximate surface area is 188 Å². The van der Waals surface area contributed by atoms with Crippen molar-refractivity contribution in [2.75, 3.05) is 74.9 Å². The lowest BCUT2D eigenvalue weighted by Gasteiger charge is -2.30. The lowest BCUT2D eigenvalue weighted by molar-refractivity contribution is 0.121. The first-order valence-corrected chi connectivity index (χ1v) is 10.7. The molecule has 2 N–H and O–H groups in total. The molecular weight excluding hydrogens is 470 g/mol. The van der Waals surface area contributed by atoms with Crippen LogP contribution < -0.4 is 20.0 Å². The molecule has 0 radical (unpaired) electrons. The fourth-order valence-corrected chi connectivity index (χ4v) is 3.68. The second kappa shape index (κ2) is 10.1. The van der Waals surface area contributed by atoms with Crippen molar-refractivity contribution in [2.45, 2.75) is 0 Å². The van der Waals surface area contributed by atoms with Crippen molar-refractivity contribution in [2.24, 2.45) is 5.10 Å². The van der Waals surface area contributed by atoms with Crippen LogP contribution in [0, 0.1) is 0 Å². The van der Waals surface area contributed by atoms with Crippen molar-refractivity contribution in [1.29, 1.82) is 0 Å². The van der Waals surface area contributed by atoms with E-state index in [0.29, 0.717) is 81.8 Å². The minimum atomic E-state index is -0.00471. The lowest BCUT2D eigenvalue weighted by atomic mass is 10.2. The van der Waals surface area contributed by atoms with E-state index in [1.807, 2.05) is 0 Å². The van der Waals surface area contributed by atoms with Gasteiger partial charge in [-0.1, -0.05) is 15.9 Å². The number of hydrogen-bond acceptors (Lipinski definition) is 11. The number of morpholine rings is 2. The summed E-state index contributed by atoms with van der Waals surface area (Å²) in [5.74, 6) is 1.81. The molecule has 11 nitrogen and oxygen atoms in total. The number of benzene rings is 1. The number of ether oxygens (including phenoxy) is 3. The van der Waals surface area contributed by atoms with Crippen molar-refractivity contribution in [3.63, 3.8) is 0 Å². The fraction of sp³-hybridized carbons (Fsp3) is 0.474. The van der Waals surface area contributed by atoms with Gasteiger partial charge in [0.15, 0.2) is 11.5 Å². The number of aromatic nitrogens is 3. The summed E-state index contributed by atoms with van der Waals surface area (Å²) in [4.78, 5) is 17.8. The Bertz CT molecular complexity index is 897. The van der Waals surface area contributed by atoms with Crippen LogP contribution >= 0.6 is 15.9 Å². The van der Waals surface area contributed by atoms with E-state index >= 15 is 0 Å². The molecule has 2 aliphatic rings. The summed E-state index contributed by atoms with van der Waals surface area (Å²) in [5, 5.41) is 14.5. The number of rotatable bonds is 6. The van der Waals surface area contributed by atoms with Gasteiger partial charge in [0.2, 0.25) is 17.8 Å². The summed E-state index contributed by atoms with van der Waals surface area (Å²) in [6.07, 6.45) is 1.48. The molecule has 2 aliphatic heterocycles. The molecule has 2 fully saturated rings. The predicted molar refractivity (Wildman–Crippen MR) is 119 cm³/mol. The quantitative estimate of drug-likeness (QED) is 0.452. The lowest BCUT2D eigenvalue weighted by Crippen LogP contribution is -2.40. The van der Waals surface area contributed by atoms with Gasteiger partial charge in [-0.3, -0.25) is 0 Å². The van der Waals surface area contributed by atoms with Crippen molar-refractivity contribution in [1.82, 2.24) is 15.0 Å². The topological polar surface area (TPSA) is 117 Å². The molecule has 3 heterocycles. The zero-order chi connectivity index (χ0) is 21.6. The molecule has 1 aromatic carbocycles. The largest absolute Gasteiger partial charge is 0.504 e. The molecule has 0 spiro atoms. The molecule has 0 saturated carbocycles. The number of hydrogen-bond donors (Lipinski definition) is 2. The highest BCUT2D eigenvalue weighted by Crippen LogP contribution is 2.32. The van der Waals surface area contributed by atoms with Crippen LogP contribution in [0.2, 0.25) is 0 Å². The number of hydrazone groups is 1. The van der Waals surface area contributed by atoms with Gasteiger partial charge < -0.3 is 29.1 Å². The van der Waals surface area contributed by atoms with Crippen LogP contribution in [-0.2, 0) is 9.47 Å². The maximum absolute atomic E-state index is 10.3. The Balaban J connectivity index is 1.58. The molecule has 2 aromatic rings. The summed E-state index contributed by atoms with van der Waals surface area (Å²) in [5.41, 5.74) is 3.34. The highest BCUT2D eigenvalue weighted by Gasteiger charge is 2.20. The van der Waals surface area contributed by atoms with Gasteiger partial charge in [-0.25, -0.2) is 5.43 Å². The third-order valence-electron chi connectivity index (χ3n) is 4.86. The van der Waals surface area contributed by atoms with Gasteiger partial charge in [0, 0.05) is 36.2 Å². The van der Waals surface area contributed by atoms with Crippen LogP contribution in [-0.4, -0.2) is 86.0 Å². The summed E-state index contributed by atoms with van der Waals surface area (Å²) >= 11 is 3.39. The molecule has 31 heavy (non-hydrogen) atoms. The highest BCUT2D eigenvalue weighted by molar-refractivity contribution is 9.10. The van der Waals surface area contributed by atoms with Gasteiger partial charge in [-0.15, -0.1) is 0 Å². The van der Waals surface area contributed by atoms with Crippen LogP contribution in [0.15, 0.2) is 21.7 Å². The van der Waals surface area contributed by atoms with Crippen molar-refractivity contribution in [3.05, 3.63) is 22.2 Å². The number of aromatic hydroxyl groups is 1. The SMILES string of the molecule is COc1cc(Br)cc(C=NNc2nc(N3CCOCC3)nc(N3CCOCC3)n2)c1O. The maximum atomic E-state index is 10.3. The zero-order valence-corrected chi connectivity index (χ0v) is 18.7. The van der Waals surface area contributed by atoms with Gasteiger partial charge in [0.05, 0.1) is 39.8 Å².